The van der Waals surface area contributed by atoms with E-state index in [0.29, 0.717) is 18.0 Å². The summed E-state index contributed by atoms with van der Waals surface area (Å²) in [4.78, 5) is 12.2. The molecule has 8 heteroatoms. The normalized spacial score (nSPS) is 11.8. The summed E-state index contributed by atoms with van der Waals surface area (Å²) in [5.74, 6) is 0.0101. The molecule has 0 bridgehead atoms. The number of hydrogen-bond acceptors (Lipinski definition) is 4. The van der Waals surface area contributed by atoms with Crippen LogP contribution in [0.1, 0.15) is 30.6 Å². The number of rotatable bonds is 8. The van der Waals surface area contributed by atoms with Gasteiger partial charge in [-0.15, -0.1) is 12.4 Å². The van der Waals surface area contributed by atoms with Gasteiger partial charge in [-0.1, -0.05) is 13.8 Å². The first-order valence-electron chi connectivity index (χ1n) is 7.01. The van der Waals surface area contributed by atoms with Gasteiger partial charge in [0.15, 0.2) is 11.5 Å². The molecule has 0 radical (unpaired) electrons. The van der Waals surface area contributed by atoms with Crippen LogP contribution in [0.5, 0.6) is 11.5 Å². The Balaban J connectivity index is 0.00000484. The molecule has 0 saturated carbocycles. The minimum atomic E-state index is -2.96. The van der Waals surface area contributed by atoms with Crippen molar-refractivity contribution in [3.63, 3.8) is 0 Å². The second-order valence-electron chi connectivity index (χ2n) is 5.28. The summed E-state index contributed by atoms with van der Waals surface area (Å²) < 4.78 is 33.8. The molecule has 1 aromatic carbocycles. The standard InChI is InChI=1S/C15H22F2N2O3.ClH/c1-9(2)6-11(8-18)19-14(20)10-4-5-12(22-15(16)17)13(7-10)21-3;/h4-5,7,9,11,15H,6,8,18H2,1-3H3,(H,19,20);1H. The van der Waals surface area contributed by atoms with Gasteiger partial charge in [-0.05, 0) is 30.5 Å². The molecular weight excluding hydrogens is 330 g/mol. The monoisotopic (exact) mass is 352 g/mol. The van der Waals surface area contributed by atoms with E-state index >= 15 is 0 Å². The van der Waals surface area contributed by atoms with E-state index in [1.54, 1.807) is 0 Å². The molecule has 5 nitrogen and oxygen atoms in total. The average molecular weight is 353 g/mol. The van der Waals surface area contributed by atoms with E-state index in [-0.39, 0.29) is 35.9 Å². The number of benzene rings is 1. The van der Waals surface area contributed by atoms with Crippen molar-refractivity contribution in [3.05, 3.63) is 23.8 Å². The molecule has 1 aromatic rings. The Morgan fingerprint density at radius 2 is 1.96 bits per heavy atom. The largest absolute Gasteiger partial charge is 0.493 e. The van der Waals surface area contributed by atoms with E-state index in [0.717, 1.165) is 6.42 Å². The summed E-state index contributed by atoms with van der Waals surface area (Å²) >= 11 is 0. The van der Waals surface area contributed by atoms with E-state index in [9.17, 15) is 13.6 Å². The molecule has 0 aliphatic rings. The second kappa shape index (κ2) is 10.2. The highest BCUT2D eigenvalue weighted by molar-refractivity contribution is 5.95. The Morgan fingerprint density at radius 1 is 1.30 bits per heavy atom. The van der Waals surface area contributed by atoms with Crippen LogP contribution >= 0.6 is 12.4 Å². The molecule has 0 aliphatic heterocycles. The molecular formula is C15H23ClF2N2O3. The number of halogens is 3. The van der Waals surface area contributed by atoms with Gasteiger partial charge in [0.05, 0.1) is 7.11 Å². The van der Waals surface area contributed by atoms with Gasteiger partial charge in [0.25, 0.3) is 5.91 Å². The van der Waals surface area contributed by atoms with Gasteiger partial charge >= 0.3 is 6.61 Å². The van der Waals surface area contributed by atoms with Crippen LogP contribution in [0.15, 0.2) is 18.2 Å². The van der Waals surface area contributed by atoms with Crippen LogP contribution < -0.4 is 20.5 Å². The fourth-order valence-corrected chi connectivity index (χ4v) is 2.05. The fraction of sp³-hybridized carbons (Fsp3) is 0.533. The molecule has 0 aromatic heterocycles. The van der Waals surface area contributed by atoms with Gasteiger partial charge in [-0.25, -0.2) is 0 Å². The number of hydrogen-bond donors (Lipinski definition) is 2. The summed E-state index contributed by atoms with van der Waals surface area (Å²) in [7, 11) is 1.32. The van der Waals surface area contributed by atoms with E-state index in [1.807, 2.05) is 13.8 Å². The number of nitrogens with two attached hydrogens (primary N) is 1. The lowest BCUT2D eigenvalue weighted by atomic mass is 10.0. The second-order valence-corrected chi connectivity index (χ2v) is 5.28. The van der Waals surface area contributed by atoms with Crippen LogP contribution in [-0.4, -0.2) is 32.2 Å². The van der Waals surface area contributed by atoms with Crippen LogP contribution in [0.3, 0.4) is 0 Å². The molecule has 1 unspecified atom stereocenters. The van der Waals surface area contributed by atoms with Crippen molar-refractivity contribution in [1.82, 2.24) is 5.32 Å². The maximum absolute atomic E-state index is 12.3. The zero-order valence-electron chi connectivity index (χ0n) is 13.3. The Hall–Kier alpha value is -1.60. The number of alkyl halides is 2. The maximum Gasteiger partial charge on any atom is 0.387 e. The van der Waals surface area contributed by atoms with Crippen molar-refractivity contribution < 1.29 is 23.0 Å². The average Bonchev–Trinajstić information content (AvgIpc) is 2.45. The van der Waals surface area contributed by atoms with Gasteiger partial charge in [0.1, 0.15) is 0 Å². The van der Waals surface area contributed by atoms with Crippen molar-refractivity contribution in [2.75, 3.05) is 13.7 Å². The summed E-state index contributed by atoms with van der Waals surface area (Å²) in [6.07, 6.45) is 0.756. The molecule has 1 rings (SSSR count). The molecule has 0 saturated heterocycles. The van der Waals surface area contributed by atoms with Crippen molar-refractivity contribution in [2.24, 2.45) is 11.7 Å². The highest BCUT2D eigenvalue weighted by atomic mass is 35.5. The fourth-order valence-electron chi connectivity index (χ4n) is 2.05. The lowest BCUT2D eigenvalue weighted by Gasteiger charge is -2.19. The first-order valence-corrected chi connectivity index (χ1v) is 7.01. The van der Waals surface area contributed by atoms with Crippen molar-refractivity contribution >= 4 is 18.3 Å². The van der Waals surface area contributed by atoms with Crippen LogP contribution in [-0.2, 0) is 0 Å². The van der Waals surface area contributed by atoms with Crippen molar-refractivity contribution in [2.45, 2.75) is 32.9 Å². The van der Waals surface area contributed by atoms with Gasteiger partial charge in [-0.3, -0.25) is 4.79 Å². The molecule has 0 aliphatic carbocycles. The number of carbonyl (C=O) groups is 1. The zero-order chi connectivity index (χ0) is 16.7. The van der Waals surface area contributed by atoms with E-state index < -0.39 is 6.61 Å². The number of methoxy groups -OCH3 is 1. The number of amides is 1. The molecule has 3 N–H and O–H groups in total. The van der Waals surface area contributed by atoms with Gasteiger partial charge in [-0.2, -0.15) is 8.78 Å². The Morgan fingerprint density at radius 3 is 2.43 bits per heavy atom. The summed E-state index contributed by atoms with van der Waals surface area (Å²) in [5, 5.41) is 2.82. The molecule has 1 amide bonds. The Bertz CT molecular complexity index is 502. The van der Waals surface area contributed by atoms with E-state index in [2.05, 4.69) is 10.1 Å². The minimum absolute atomic E-state index is 0. The van der Waals surface area contributed by atoms with Crippen LogP contribution in [0.4, 0.5) is 8.78 Å². The van der Waals surface area contributed by atoms with E-state index in [4.69, 9.17) is 10.5 Å². The predicted molar refractivity (Wildman–Crippen MR) is 86.6 cm³/mol. The SMILES string of the molecule is COc1cc(C(=O)NC(CN)CC(C)C)ccc1OC(F)F.Cl. The van der Waals surface area contributed by atoms with Crippen LogP contribution in [0.25, 0.3) is 0 Å². The maximum atomic E-state index is 12.3. The van der Waals surface area contributed by atoms with Gasteiger partial charge in [0.2, 0.25) is 0 Å². The highest BCUT2D eigenvalue weighted by Crippen LogP contribution is 2.29. The Labute approximate surface area is 140 Å². The predicted octanol–water partition coefficient (Wildman–Crippen LogP) is 2.82. The lowest BCUT2D eigenvalue weighted by molar-refractivity contribution is -0.0512. The van der Waals surface area contributed by atoms with Crippen LogP contribution in [0, 0.1) is 5.92 Å². The van der Waals surface area contributed by atoms with Gasteiger partial charge < -0.3 is 20.5 Å². The molecule has 0 fully saturated rings. The molecule has 0 spiro atoms. The lowest BCUT2D eigenvalue weighted by Crippen LogP contribution is -2.41. The van der Waals surface area contributed by atoms with Crippen LogP contribution in [0.2, 0.25) is 0 Å². The Kier molecular flexibility index (Phi) is 9.52. The molecule has 0 heterocycles. The summed E-state index contributed by atoms with van der Waals surface area (Å²) in [6.45, 7) is 1.44. The summed E-state index contributed by atoms with van der Waals surface area (Å²) in [5.41, 5.74) is 5.93. The molecule has 1 atom stereocenters. The van der Waals surface area contributed by atoms with Crippen molar-refractivity contribution in [1.29, 1.82) is 0 Å². The topological polar surface area (TPSA) is 73.6 Å². The number of ether oxygens (including phenoxy) is 2. The quantitative estimate of drug-likeness (QED) is 0.754. The van der Waals surface area contributed by atoms with Gasteiger partial charge in [0, 0.05) is 18.2 Å². The third kappa shape index (κ3) is 7.00. The first-order chi connectivity index (χ1) is 10.4. The smallest absolute Gasteiger partial charge is 0.387 e. The minimum Gasteiger partial charge on any atom is -0.493 e. The third-order valence-electron chi connectivity index (χ3n) is 3.02. The molecule has 132 valence electrons. The van der Waals surface area contributed by atoms with Crippen molar-refractivity contribution in [3.8, 4) is 11.5 Å². The first kappa shape index (κ1) is 21.4. The number of carbonyl (C=O) groups excluding carboxylic acids is 1. The third-order valence-corrected chi connectivity index (χ3v) is 3.02. The highest BCUT2D eigenvalue weighted by Gasteiger charge is 2.17. The molecule has 23 heavy (non-hydrogen) atoms. The number of nitrogens with one attached hydrogen (secondary N) is 1. The van der Waals surface area contributed by atoms with E-state index in [1.165, 1.54) is 25.3 Å². The zero-order valence-corrected chi connectivity index (χ0v) is 14.2. The summed E-state index contributed by atoms with van der Waals surface area (Å²) in [6, 6.07) is 3.89.